The molecule has 7 nitrogen and oxygen atoms in total. The minimum absolute atomic E-state index is 0.260. The standard InChI is InChI=1S/C19H16N6O/c1-26-13-9-7-11(8-10-13)14-16(20)24-19-15(22-14)17(21)23-18(25-19)12-5-3-2-4-6-12/h2-10H,1H3,(H4,20,21,23,24,25). The first-order chi connectivity index (χ1) is 12.7. The minimum atomic E-state index is 0.260. The van der Waals surface area contributed by atoms with Crippen molar-refractivity contribution in [2.24, 2.45) is 0 Å². The van der Waals surface area contributed by atoms with E-state index >= 15 is 0 Å². The number of hydrogen-bond donors (Lipinski definition) is 2. The summed E-state index contributed by atoms with van der Waals surface area (Å²) in [5.74, 6) is 1.77. The number of anilines is 2. The lowest BCUT2D eigenvalue weighted by Crippen LogP contribution is -2.05. The second-order valence-electron chi connectivity index (χ2n) is 5.66. The molecule has 128 valence electrons. The van der Waals surface area contributed by atoms with Gasteiger partial charge in [0.1, 0.15) is 11.4 Å². The number of ether oxygens (including phenoxy) is 1. The van der Waals surface area contributed by atoms with Crippen LogP contribution in [-0.4, -0.2) is 27.0 Å². The second-order valence-corrected chi connectivity index (χ2v) is 5.66. The summed E-state index contributed by atoms with van der Waals surface area (Å²) in [6.07, 6.45) is 0. The van der Waals surface area contributed by atoms with Crippen LogP contribution in [0, 0.1) is 0 Å². The molecule has 2 heterocycles. The monoisotopic (exact) mass is 344 g/mol. The fourth-order valence-corrected chi connectivity index (χ4v) is 2.66. The van der Waals surface area contributed by atoms with Crippen LogP contribution >= 0.6 is 0 Å². The molecular formula is C19H16N6O. The Morgan fingerprint density at radius 3 is 2.15 bits per heavy atom. The van der Waals surface area contributed by atoms with Crippen molar-refractivity contribution in [1.82, 2.24) is 19.9 Å². The molecule has 0 amide bonds. The molecule has 26 heavy (non-hydrogen) atoms. The summed E-state index contributed by atoms with van der Waals surface area (Å²) in [5.41, 5.74) is 15.2. The van der Waals surface area contributed by atoms with Crippen molar-refractivity contribution in [3.05, 3.63) is 54.6 Å². The Hall–Kier alpha value is -3.74. The molecule has 4 rings (SSSR count). The highest BCUT2D eigenvalue weighted by molar-refractivity contribution is 5.87. The van der Waals surface area contributed by atoms with E-state index in [1.165, 1.54) is 0 Å². The summed E-state index contributed by atoms with van der Waals surface area (Å²) in [6, 6.07) is 16.9. The lowest BCUT2D eigenvalue weighted by molar-refractivity contribution is 0.415. The van der Waals surface area contributed by atoms with Gasteiger partial charge in [0, 0.05) is 11.1 Å². The Balaban J connectivity index is 1.85. The van der Waals surface area contributed by atoms with E-state index in [0.29, 0.717) is 22.7 Å². The van der Waals surface area contributed by atoms with Crippen molar-refractivity contribution in [2.75, 3.05) is 18.6 Å². The highest BCUT2D eigenvalue weighted by Crippen LogP contribution is 2.28. The van der Waals surface area contributed by atoms with Crippen LogP contribution in [0.2, 0.25) is 0 Å². The number of rotatable bonds is 3. The summed E-state index contributed by atoms with van der Waals surface area (Å²) in [6.45, 7) is 0. The number of nitrogens with zero attached hydrogens (tertiary/aromatic N) is 4. The third-order valence-corrected chi connectivity index (χ3v) is 3.98. The fourth-order valence-electron chi connectivity index (χ4n) is 2.66. The normalized spacial score (nSPS) is 10.8. The number of nitrogen functional groups attached to an aromatic ring is 2. The molecule has 0 saturated heterocycles. The fraction of sp³-hybridized carbons (Fsp3) is 0.0526. The zero-order chi connectivity index (χ0) is 18.1. The first kappa shape index (κ1) is 15.8. The van der Waals surface area contributed by atoms with E-state index in [0.717, 1.165) is 16.9 Å². The SMILES string of the molecule is COc1ccc(-c2nc3c(N)nc(-c4ccccc4)nc3nc2N)cc1. The van der Waals surface area contributed by atoms with Gasteiger partial charge in [-0.05, 0) is 24.3 Å². The van der Waals surface area contributed by atoms with Crippen molar-refractivity contribution >= 4 is 22.8 Å². The molecule has 0 aliphatic carbocycles. The molecule has 0 radical (unpaired) electrons. The Kier molecular flexibility index (Phi) is 3.81. The van der Waals surface area contributed by atoms with E-state index in [1.54, 1.807) is 7.11 Å². The molecule has 0 spiro atoms. The summed E-state index contributed by atoms with van der Waals surface area (Å²) >= 11 is 0. The Morgan fingerprint density at radius 1 is 0.731 bits per heavy atom. The Morgan fingerprint density at radius 2 is 1.46 bits per heavy atom. The number of nitrogens with two attached hydrogens (primary N) is 2. The molecule has 0 atom stereocenters. The van der Waals surface area contributed by atoms with Crippen LogP contribution in [0.3, 0.4) is 0 Å². The maximum absolute atomic E-state index is 6.12. The molecule has 2 aromatic heterocycles. The molecule has 0 unspecified atom stereocenters. The molecule has 0 saturated carbocycles. The third kappa shape index (κ3) is 2.75. The lowest BCUT2D eigenvalue weighted by Gasteiger charge is -2.09. The van der Waals surface area contributed by atoms with Gasteiger partial charge in [-0.25, -0.2) is 19.9 Å². The van der Waals surface area contributed by atoms with Gasteiger partial charge in [0.05, 0.1) is 7.11 Å². The van der Waals surface area contributed by atoms with Gasteiger partial charge in [0.2, 0.25) is 0 Å². The van der Waals surface area contributed by atoms with Gasteiger partial charge in [0.25, 0.3) is 0 Å². The molecule has 0 aliphatic heterocycles. The van der Waals surface area contributed by atoms with Crippen LogP contribution in [0.25, 0.3) is 33.8 Å². The smallest absolute Gasteiger partial charge is 0.186 e. The molecule has 0 aliphatic rings. The van der Waals surface area contributed by atoms with Gasteiger partial charge in [-0.1, -0.05) is 30.3 Å². The topological polar surface area (TPSA) is 113 Å². The van der Waals surface area contributed by atoms with Crippen molar-refractivity contribution < 1.29 is 4.74 Å². The molecule has 0 fully saturated rings. The average Bonchev–Trinajstić information content (AvgIpc) is 2.68. The van der Waals surface area contributed by atoms with Crippen LogP contribution in [0.15, 0.2) is 54.6 Å². The van der Waals surface area contributed by atoms with Gasteiger partial charge < -0.3 is 16.2 Å². The van der Waals surface area contributed by atoms with E-state index in [-0.39, 0.29) is 11.6 Å². The van der Waals surface area contributed by atoms with E-state index < -0.39 is 0 Å². The van der Waals surface area contributed by atoms with Gasteiger partial charge in [-0.2, -0.15) is 0 Å². The number of aromatic nitrogens is 4. The highest BCUT2D eigenvalue weighted by Gasteiger charge is 2.14. The summed E-state index contributed by atoms with van der Waals surface area (Å²) in [4.78, 5) is 17.8. The molecule has 2 aromatic carbocycles. The maximum Gasteiger partial charge on any atom is 0.186 e. The number of benzene rings is 2. The minimum Gasteiger partial charge on any atom is -0.497 e. The zero-order valence-corrected chi connectivity index (χ0v) is 14.0. The Labute approximate surface area is 149 Å². The predicted molar refractivity (Wildman–Crippen MR) is 101 cm³/mol. The molecular weight excluding hydrogens is 328 g/mol. The maximum atomic E-state index is 6.12. The number of fused-ring (bicyclic) bond motifs is 1. The quantitative estimate of drug-likeness (QED) is 0.587. The third-order valence-electron chi connectivity index (χ3n) is 3.98. The van der Waals surface area contributed by atoms with E-state index in [2.05, 4.69) is 19.9 Å². The van der Waals surface area contributed by atoms with Gasteiger partial charge in [0.15, 0.2) is 28.6 Å². The van der Waals surface area contributed by atoms with Crippen molar-refractivity contribution in [3.63, 3.8) is 0 Å². The summed E-state index contributed by atoms with van der Waals surface area (Å²) in [7, 11) is 1.61. The number of methoxy groups -OCH3 is 1. The van der Waals surface area contributed by atoms with Crippen LogP contribution < -0.4 is 16.2 Å². The van der Waals surface area contributed by atoms with E-state index in [1.807, 2.05) is 54.6 Å². The van der Waals surface area contributed by atoms with Gasteiger partial charge in [-0.3, -0.25) is 0 Å². The molecule has 7 heteroatoms. The van der Waals surface area contributed by atoms with Crippen molar-refractivity contribution in [3.8, 4) is 28.4 Å². The van der Waals surface area contributed by atoms with Crippen LogP contribution in [0.1, 0.15) is 0 Å². The molecule has 4 N–H and O–H groups in total. The average molecular weight is 344 g/mol. The molecule has 0 bridgehead atoms. The van der Waals surface area contributed by atoms with Gasteiger partial charge in [-0.15, -0.1) is 0 Å². The van der Waals surface area contributed by atoms with Crippen molar-refractivity contribution in [2.45, 2.75) is 0 Å². The Bertz CT molecular complexity index is 1080. The lowest BCUT2D eigenvalue weighted by atomic mass is 10.1. The van der Waals surface area contributed by atoms with Crippen molar-refractivity contribution in [1.29, 1.82) is 0 Å². The second kappa shape index (κ2) is 6.29. The van der Waals surface area contributed by atoms with Gasteiger partial charge >= 0.3 is 0 Å². The molecule has 4 aromatic rings. The summed E-state index contributed by atoms with van der Waals surface area (Å²) < 4.78 is 5.17. The first-order valence-corrected chi connectivity index (χ1v) is 7.96. The first-order valence-electron chi connectivity index (χ1n) is 7.96. The predicted octanol–water partition coefficient (Wildman–Crippen LogP) is 2.93. The van der Waals surface area contributed by atoms with Crippen LogP contribution in [0.4, 0.5) is 11.6 Å². The largest absolute Gasteiger partial charge is 0.497 e. The highest BCUT2D eigenvalue weighted by atomic mass is 16.5. The zero-order valence-electron chi connectivity index (χ0n) is 14.0. The number of hydrogen-bond acceptors (Lipinski definition) is 7. The van der Waals surface area contributed by atoms with Crippen LogP contribution in [0.5, 0.6) is 5.75 Å². The van der Waals surface area contributed by atoms with E-state index in [9.17, 15) is 0 Å². The summed E-state index contributed by atoms with van der Waals surface area (Å²) in [5, 5.41) is 0. The van der Waals surface area contributed by atoms with Crippen LogP contribution in [-0.2, 0) is 0 Å². The van der Waals surface area contributed by atoms with E-state index in [4.69, 9.17) is 16.2 Å².